The second-order valence-electron chi connectivity index (χ2n) is 4.50. The molecule has 0 spiro atoms. The van der Waals surface area contributed by atoms with Gasteiger partial charge in [-0.3, -0.25) is 0 Å². The van der Waals surface area contributed by atoms with E-state index in [-0.39, 0.29) is 5.82 Å². The second kappa shape index (κ2) is 4.58. The molecular formula is C14H11Cl2FN2. The molecule has 3 rings (SSSR count). The highest BCUT2D eigenvalue weighted by molar-refractivity contribution is 6.42. The van der Waals surface area contributed by atoms with Gasteiger partial charge in [-0.2, -0.15) is 0 Å². The molecule has 19 heavy (non-hydrogen) atoms. The van der Waals surface area contributed by atoms with E-state index < -0.39 is 0 Å². The van der Waals surface area contributed by atoms with Gasteiger partial charge in [0.05, 0.1) is 21.4 Å². The number of nitrogen functional groups attached to an aromatic ring is 1. The van der Waals surface area contributed by atoms with Gasteiger partial charge in [-0.15, -0.1) is 0 Å². The number of halogens is 3. The normalized spacial score (nSPS) is 13.7. The Kier molecular flexibility index (Phi) is 3.03. The van der Waals surface area contributed by atoms with Crippen molar-refractivity contribution >= 4 is 40.3 Å². The van der Waals surface area contributed by atoms with Crippen LogP contribution < -0.4 is 10.6 Å². The fourth-order valence-electron chi connectivity index (χ4n) is 2.39. The first-order valence-electron chi connectivity index (χ1n) is 5.87. The quantitative estimate of drug-likeness (QED) is 0.790. The van der Waals surface area contributed by atoms with Crippen molar-refractivity contribution in [1.82, 2.24) is 0 Å². The number of hydrogen-bond donors (Lipinski definition) is 1. The van der Waals surface area contributed by atoms with E-state index in [0.29, 0.717) is 15.7 Å². The molecule has 2 aromatic rings. The van der Waals surface area contributed by atoms with Crippen LogP contribution in [0.1, 0.15) is 5.56 Å². The highest BCUT2D eigenvalue weighted by Crippen LogP contribution is 2.40. The number of anilines is 3. The maximum atomic E-state index is 13.4. The van der Waals surface area contributed by atoms with Crippen LogP contribution in [-0.4, -0.2) is 6.54 Å². The lowest BCUT2D eigenvalue weighted by Crippen LogP contribution is -2.15. The zero-order valence-corrected chi connectivity index (χ0v) is 11.5. The summed E-state index contributed by atoms with van der Waals surface area (Å²) in [5, 5.41) is 0.859. The van der Waals surface area contributed by atoms with Gasteiger partial charge < -0.3 is 10.6 Å². The fourth-order valence-corrected chi connectivity index (χ4v) is 2.72. The summed E-state index contributed by atoms with van der Waals surface area (Å²) in [6.07, 6.45) is 0.856. The standard InChI is InChI=1S/C14H11Cl2FN2/c15-10-6-12(18)14(7-11(10)16)19-4-3-8-1-2-9(17)5-13(8)19/h1-2,5-7H,3-4,18H2. The lowest BCUT2D eigenvalue weighted by atomic mass is 10.1. The van der Waals surface area contributed by atoms with Crippen LogP contribution in [0.25, 0.3) is 0 Å². The van der Waals surface area contributed by atoms with Crippen LogP contribution >= 0.6 is 23.2 Å². The van der Waals surface area contributed by atoms with Crippen LogP contribution in [-0.2, 0) is 6.42 Å². The molecule has 0 aromatic heterocycles. The van der Waals surface area contributed by atoms with Gasteiger partial charge in [0.1, 0.15) is 5.82 Å². The molecule has 0 radical (unpaired) electrons. The smallest absolute Gasteiger partial charge is 0.125 e. The zero-order chi connectivity index (χ0) is 13.6. The van der Waals surface area contributed by atoms with Crippen LogP contribution in [0, 0.1) is 5.82 Å². The lowest BCUT2D eigenvalue weighted by Gasteiger charge is -2.22. The van der Waals surface area contributed by atoms with E-state index in [1.807, 2.05) is 4.90 Å². The van der Waals surface area contributed by atoms with Crippen molar-refractivity contribution in [2.75, 3.05) is 17.2 Å². The maximum absolute atomic E-state index is 13.4. The first kappa shape index (κ1) is 12.6. The van der Waals surface area contributed by atoms with Gasteiger partial charge >= 0.3 is 0 Å². The molecular weight excluding hydrogens is 286 g/mol. The van der Waals surface area contributed by atoms with Crippen LogP contribution in [0.4, 0.5) is 21.5 Å². The van der Waals surface area contributed by atoms with Gasteiger partial charge in [0.15, 0.2) is 0 Å². The molecule has 0 unspecified atom stereocenters. The molecule has 0 bridgehead atoms. The Labute approximate surface area is 120 Å². The average molecular weight is 297 g/mol. The van der Waals surface area contributed by atoms with Gasteiger partial charge in [0, 0.05) is 12.2 Å². The van der Waals surface area contributed by atoms with Crippen molar-refractivity contribution in [3.8, 4) is 0 Å². The third-order valence-corrected chi connectivity index (χ3v) is 4.03. The van der Waals surface area contributed by atoms with Crippen molar-refractivity contribution in [3.05, 3.63) is 51.8 Å². The third-order valence-electron chi connectivity index (χ3n) is 3.30. The van der Waals surface area contributed by atoms with Crippen LogP contribution in [0.15, 0.2) is 30.3 Å². The molecule has 2 aromatic carbocycles. The van der Waals surface area contributed by atoms with Crippen molar-refractivity contribution in [2.45, 2.75) is 6.42 Å². The number of nitrogens with zero attached hydrogens (tertiary/aromatic N) is 1. The molecule has 0 amide bonds. The maximum Gasteiger partial charge on any atom is 0.125 e. The molecule has 0 atom stereocenters. The Morgan fingerprint density at radius 1 is 1.05 bits per heavy atom. The minimum absolute atomic E-state index is 0.260. The summed E-state index contributed by atoms with van der Waals surface area (Å²) in [5.74, 6) is -0.260. The summed E-state index contributed by atoms with van der Waals surface area (Å²) in [6, 6.07) is 8.14. The first-order chi connectivity index (χ1) is 9.06. The summed E-state index contributed by atoms with van der Waals surface area (Å²) in [6.45, 7) is 0.751. The molecule has 0 aliphatic carbocycles. The Morgan fingerprint density at radius 2 is 1.79 bits per heavy atom. The van der Waals surface area contributed by atoms with E-state index in [2.05, 4.69) is 0 Å². The highest BCUT2D eigenvalue weighted by Gasteiger charge is 2.23. The number of rotatable bonds is 1. The zero-order valence-electron chi connectivity index (χ0n) is 9.96. The number of fused-ring (bicyclic) bond motifs is 1. The van der Waals surface area contributed by atoms with Crippen molar-refractivity contribution in [3.63, 3.8) is 0 Å². The summed E-state index contributed by atoms with van der Waals surface area (Å²) >= 11 is 12.0. The Bertz CT molecular complexity index is 658. The van der Waals surface area contributed by atoms with E-state index in [1.165, 1.54) is 12.1 Å². The fraction of sp³-hybridized carbons (Fsp3) is 0.143. The number of benzene rings is 2. The first-order valence-corrected chi connectivity index (χ1v) is 6.62. The minimum Gasteiger partial charge on any atom is -0.397 e. The largest absolute Gasteiger partial charge is 0.397 e. The summed E-state index contributed by atoms with van der Waals surface area (Å²) < 4.78 is 13.4. The molecule has 0 saturated carbocycles. The predicted octanol–water partition coefficient (Wildman–Crippen LogP) is 4.41. The van der Waals surface area contributed by atoms with Gasteiger partial charge in [0.2, 0.25) is 0 Å². The highest BCUT2D eigenvalue weighted by atomic mass is 35.5. The van der Waals surface area contributed by atoms with Crippen molar-refractivity contribution < 1.29 is 4.39 Å². The van der Waals surface area contributed by atoms with E-state index in [9.17, 15) is 4.39 Å². The molecule has 5 heteroatoms. The van der Waals surface area contributed by atoms with E-state index in [0.717, 1.165) is 29.9 Å². The minimum atomic E-state index is -0.260. The molecule has 0 saturated heterocycles. The molecule has 1 aliphatic heterocycles. The van der Waals surface area contributed by atoms with Gasteiger partial charge in [0.25, 0.3) is 0 Å². The van der Waals surface area contributed by atoms with E-state index >= 15 is 0 Å². The number of nitrogens with two attached hydrogens (primary N) is 1. The third kappa shape index (κ3) is 2.13. The average Bonchev–Trinajstić information content (AvgIpc) is 2.76. The van der Waals surface area contributed by atoms with E-state index in [4.69, 9.17) is 28.9 Å². The summed E-state index contributed by atoms with van der Waals surface area (Å²) in [4.78, 5) is 1.97. The molecule has 2 N–H and O–H groups in total. The topological polar surface area (TPSA) is 29.3 Å². The van der Waals surface area contributed by atoms with Gasteiger partial charge in [-0.25, -0.2) is 4.39 Å². The van der Waals surface area contributed by atoms with Crippen molar-refractivity contribution in [2.24, 2.45) is 0 Å². The monoisotopic (exact) mass is 296 g/mol. The van der Waals surface area contributed by atoms with Crippen molar-refractivity contribution in [1.29, 1.82) is 0 Å². The van der Waals surface area contributed by atoms with E-state index in [1.54, 1.807) is 18.2 Å². The molecule has 98 valence electrons. The Balaban J connectivity index is 2.11. The Morgan fingerprint density at radius 3 is 2.58 bits per heavy atom. The van der Waals surface area contributed by atoms with Crippen LogP contribution in [0.2, 0.25) is 10.0 Å². The molecule has 0 fully saturated rings. The molecule has 1 aliphatic rings. The van der Waals surface area contributed by atoms with Crippen LogP contribution in [0.3, 0.4) is 0 Å². The van der Waals surface area contributed by atoms with Gasteiger partial charge in [-0.05, 0) is 36.2 Å². The summed E-state index contributed by atoms with van der Waals surface area (Å²) in [5.41, 5.74) is 9.22. The molecule has 2 nitrogen and oxygen atoms in total. The SMILES string of the molecule is Nc1cc(Cl)c(Cl)cc1N1CCc2ccc(F)cc21. The summed E-state index contributed by atoms with van der Waals surface area (Å²) in [7, 11) is 0. The Hall–Kier alpha value is -1.45. The van der Waals surface area contributed by atoms with Crippen LogP contribution in [0.5, 0.6) is 0 Å². The number of hydrogen-bond acceptors (Lipinski definition) is 2. The lowest BCUT2D eigenvalue weighted by molar-refractivity contribution is 0.628. The molecule has 1 heterocycles. The second-order valence-corrected chi connectivity index (χ2v) is 5.31. The predicted molar refractivity (Wildman–Crippen MR) is 78.0 cm³/mol. The van der Waals surface area contributed by atoms with Gasteiger partial charge in [-0.1, -0.05) is 29.3 Å².